The van der Waals surface area contributed by atoms with Crippen LogP contribution in [-0.2, 0) is 11.3 Å². The van der Waals surface area contributed by atoms with Crippen LogP contribution in [0.2, 0.25) is 0 Å². The van der Waals surface area contributed by atoms with Crippen molar-refractivity contribution in [3.05, 3.63) is 30.6 Å². The number of imidazole rings is 1. The smallest absolute Gasteiger partial charge is 0.239 e. The van der Waals surface area contributed by atoms with Gasteiger partial charge in [-0.05, 0) is 50.9 Å². The van der Waals surface area contributed by atoms with E-state index >= 15 is 0 Å². The summed E-state index contributed by atoms with van der Waals surface area (Å²) in [5.74, 6) is 0.261. The fourth-order valence-corrected chi connectivity index (χ4v) is 3.63. The molecule has 3 rings (SSSR count). The van der Waals surface area contributed by atoms with Crippen molar-refractivity contribution in [2.45, 2.75) is 44.7 Å². The highest BCUT2D eigenvalue weighted by Crippen LogP contribution is 2.20. The van der Waals surface area contributed by atoms with Crippen LogP contribution >= 0.6 is 0 Å². The number of carbonyl (C=O) groups is 1. The van der Waals surface area contributed by atoms with Gasteiger partial charge in [0.05, 0.1) is 23.4 Å². The Morgan fingerprint density at radius 1 is 1.21 bits per heavy atom. The largest absolute Gasteiger partial charge is 0.347 e. The van der Waals surface area contributed by atoms with E-state index in [4.69, 9.17) is 0 Å². The Labute approximate surface area is 144 Å². The second kappa shape index (κ2) is 7.79. The zero-order chi connectivity index (χ0) is 16.9. The van der Waals surface area contributed by atoms with Crippen molar-refractivity contribution in [3.63, 3.8) is 0 Å². The predicted molar refractivity (Wildman–Crippen MR) is 96.9 cm³/mol. The van der Waals surface area contributed by atoms with E-state index in [0.717, 1.165) is 50.8 Å². The molecule has 0 aliphatic carbocycles. The van der Waals surface area contributed by atoms with Crippen LogP contribution in [0, 0.1) is 0 Å². The molecule has 5 heteroatoms. The van der Waals surface area contributed by atoms with Crippen molar-refractivity contribution < 1.29 is 4.79 Å². The Morgan fingerprint density at radius 2 is 2.00 bits per heavy atom. The quantitative estimate of drug-likeness (QED) is 0.734. The number of aromatic nitrogens is 2. The fourth-order valence-electron chi connectivity index (χ4n) is 3.63. The van der Waals surface area contributed by atoms with Gasteiger partial charge in [-0.2, -0.15) is 0 Å². The highest BCUT2D eigenvalue weighted by Gasteiger charge is 2.30. The first kappa shape index (κ1) is 17.0. The molecule has 5 nitrogen and oxygen atoms in total. The molecule has 1 aliphatic heterocycles. The summed E-state index contributed by atoms with van der Waals surface area (Å²) in [5, 5.41) is 0. The zero-order valence-electron chi connectivity index (χ0n) is 14.8. The van der Waals surface area contributed by atoms with Gasteiger partial charge in [0.2, 0.25) is 5.91 Å². The number of amides is 1. The summed E-state index contributed by atoms with van der Waals surface area (Å²) in [6, 6.07) is 8.39. The van der Waals surface area contributed by atoms with Gasteiger partial charge in [-0.15, -0.1) is 0 Å². The molecule has 1 atom stereocenters. The van der Waals surface area contributed by atoms with Crippen LogP contribution in [0.1, 0.15) is 32.1 Å². The van der Waals surface area contributed by atoms with E-state index in [9.17, 15) is 4.79 Å². The second-order valence-corrected chi connectivity index (χ2v) is 6.91. The maximum atomic E-state index is 12.2. The van der Waals surface area contributed by atoms with Gasteiger partial charge in [0.15, 0.2) is 0 Å². The Morgan fingerprint density at radius 3 is 2.83 bits per heavy atom. The molecule has 1 aromatic heterocycles. The van der Waals surface area contributed by atoms with E-state index in [1.54, 1.807) is 4.90 Å². The van der Waals surface area contributed by atoms with Crippen LogP contribution in [-0.4, -0.2) is 58.5 Å². The molecule has 1 saturated heterocycles. The van der Waals surface area contributed by atoms with Crippen molar-refractivity contribution in [1.29, 1.82) is 0 Å². The highest BCUT2D eigenvalue weighted by atomic mass is 16.2. The van der Waals surface area contributed by atoms with E-state index in [1.807, 2.05) is 26.5 Å². The minimum Gasteiger partial charge on any atom is -0.347 e. The number of benzene rings is 1. The molecule has 2 aromatic rings. The Bertz CT molecular complexity index is 679. The number of carbonyl (C=O) groups excluding carboxylic acids is 1. The van der Waals surface area contributed by atoms with Gasteiger partial charge in [-0.3, -0.25) is 9.69 Å². The van der Waals surface area contributed by atoms with Gasteiger partial charge < -0.3 is 9.47 Å². The van der Waals surface area contributed by atoms with E-state index in [0.29, 0.717) is 0 Å². The Kier molecular flexibility index (Phi) is 5.51. The van der Waals surface area contributed by atoms with Crippen LogP contribution in [0.25, 0.3) is 11.0 Å². The molecule has 1 fully saturated rings. The lowest BCUT2D eigenvalue weighted by Gasteiger charge is -2.26. The van der Waals surface area contributed by atoms with Crippen LogP contribution in [0.5, 0.6) is 0 Å². The van der Waals surface area contributed by atoms with Gasteiger partial charge in [0.1, 0.15) is 0 Å². The highest BCUT2D eigenvalue weighted by molar-refractivity contribution is 5.81. The third-order valence-electron chi connectivity index (χ3n) is 4.96. The summed E-state index contributed by atoms with van der Waals surface area (Å²) in [6.45, 7) is 3.12. The molecule has 0 radical (unpaired) electrons. The van der Waals surface area contributed by atoms with Crippen LogP contribution in [0.4, 0.5) is 0 Å². The first-order valence-corrected chi connectivity index (χ1v) is 9.02. The Hall–Kier alpha value is -1.88. The van der Waals surface area contributed by atoms with Crippen LogP contribution in [0.3, 0.4) is 0 Å². The number of fused-ring (bicyclic) bond motifs is 1. The maximum Gasteiger partial charge on any atom is 0.239 e. The molecule has 0 unspecified atom stereocenters. The number of rotatable bonds is 7. The average Bonchev–Trinajstić information content (AvgIpc) is 3.21. The molecule has 1 aliphatic rings. The van der Waals surface area contributed by atoms with Gasteiger partial charge >= 0.3 is 0 Å². The van der Waals surface area contributed by atoms with Gasteiger partial charge in [-0.1, -0.05) is 18.6 Å². The number of aryl methyl sites for hydroxylation is 1. The molecule has 2 heterocycles. The topological polar surface area (TPSA) is 41.4 Å². The number of likely N-dealkylation sites (N-methyl/N-ethyl adjacent to an activating group) is 1. The molecule has 0 spiro atoms. The summed E-state index contributed by atoms with van der Waals surface area (Å²) >= 11 is 0. The molecular formula is C19H28N4O. The average molecular weight is 328 g/mol. The zero-order valence-corrected chi connectivity index (χ0v) is 14.8. The van der Waals surface area contributed by atoms with Crippen LogP contribution < -0.4 is 0 Å². The lowest BCUT2D eigenvalue weighted by Crippen LogP contribution is -2.42. The summed E-state index contributed by atoms with van der Waals surface area (Å²) in [6.07, 6.45) is 7.59. The number of unbranched alkanes of at least 4 members (excludes halogenated alkanes) is 2. The third kappa shape index (κ3) is 3.78. The van der Waals surface area contributed by atoms with Crippen molar-refractivity contribution >= 4 is 16.9 Å². The molecule has 24 heavy (non-hydrogen) atoms. The van der Waals surface area contributed by atoms with Crippen molar-refractivity contribution in [2.24, 2.45) is 0 Å². The van der Waals surface area contributed by atoms with Gasteiger partial charge in [0, 0.05) is 20.6 Å². The molecule has 130 valence electrons. The van der Waals surface area contributed by atoms with Gasteiger partial charge in [-0.25, -0.2) is 4.98 Å². The van der Waals surface area contributed by atoms with Crippen LogP contribution in [0.15, 0.2) is 30.6 Å². The minimum atomic E-state index is 0.109. The number of nitrogens with zero attached hydrogens (tertiary/aromatic N) is 4. The lowest BCUT2D eigenvalue weighted by atomic mass is 10.1. The molecule has 1 aromatic carbocycles. The summed E-state index contributed by atoms with van der Waals surface area (Å²) in [4.78, 5) is 20.7. The van der Waals surface area contributed by atoms with E-state index in [1.165, 1.54) is 11.9 Å². The maximum absolute atomic E-state index is 12.2. The predicted octanol–water partition coefficient (Wildman–Crippen LogP) is 2.76. The Balaban J connectivity index is 1.42. The number of likely N-dealkylation sites (tertiary alicyclic amines) is 1. The van der Waals surface area contributed by atoms with Crippen molar-refractivity contribution in [1.82, 2.24) is 19.4 Å². The summed E-state index contributed by atoms with van der Waals surface area (Å²) in [7, 11) is 3.71. The minimum absolute atomic E-state index is 0.109. The SMILES string of the molecule is CN(C)C(=O)[C@@H]1CCCN1CCCCCn1cnc2ccccc21. The van der Waals surface area contributed by atoms with Crippen molar-refractivity contribution in [2.75, 3.05) is 27.2 Å². The molecule has 0 bridgehead atoms. The van der Waals surface area contributed by atoms with Gasteiger partial charge in [0.25, 0.3) is 0 Å². The number of hydrogen-bond donors (Lipinski definition) is 0. The molecular weight excluding hydrogens is 300 g/mol. The summed E-state index contributed by atoms with van der Waals surface area (Å²) in [5.41, 5.74) is 2.29. The normalized spacial score (nSPS) is 18.3. The first-order valence-electron chi connectivity index (χ1n) is 9.02. The lowest BCUT2D eigenvalue weighted by molar-refractivity contribution is -0.133. The van der Waals surface area contributed by atoms with E-state index in [2.05, 4.69) is 32.7 Å². The van der Waals surface area contributed by atoms with E-state index < -0.39 is 0 Å². The van der Waals surface area contributed by atoms with Crippen molar-refractivity contribution in [3.8, 4) is 0 Å². The third-order valence-corrected chi connectivity index (χ3v) is 4.96. The molecule has 0 N–H and O–H groups in total. The number of hydrogen-bond acceptors (Lipinski definition) is 3. The summed E-state index contributed by atoms with van der Waals surface area (Å²) < 4.78 is 2.24. The monoisotopic (exact) mass is 328 g/mol. The first-order chi connectivity index (χ1) is 11.7. The molecule has 0 saturated carbocycles. The molecule has 1 amide bonds. The fraction of sp³-hybridized carbons (Fsp3) is 0.579. The second-order valence-electron chi connectivity index (χ2n) is 6.91. The standard InChI is InChI=1S/C19H28N4O/c1-21(2)19(24)18-11-8-14-22(18)12-6-3-7-13-23-15-20-16-9-4-5-10-17(16)23/h4-5,9-10,15,18H,3,6-8,11-14H2,1-2H3/t18-/m0/s1. The van der Waals surface area contributed by atoms with E-state index in [-0.39, 0.29) is 11.9 Å². The number of para-hydroxylation sites is 2.